The Kier molecular flexibility index (Phi) is 5.24. The van der Waals surface area contributed by atoms with Crippen molar-refractivity contribution in [2.24, 2.45) is 5.92 Å². The molecule has 0 aliphatic heterocycles. The van der Waals surface area contributed by atoms with E-state index in [0.717, 1.165) is 18.8 Å². The van der Waals surface area contributed by atoms with Gasteiger partial charge in [0.1, 0.15) is 5.15 Å². The van der Waals surface area contributed by atoms with Crippen molar-refractivity contribution < 1.29 is 4.79 Å². The topological polar surface area (TPSA) is 68.0 Å². The Bertz CT molecular complexity index is 470. The Morgan fingerprint density at radius 1 is 1.45 bits per heavy atom. The third-order valence-electron chi connectivity index (χ3n) is 4.02. The molecule has 0 bridgehead atoms. The lowest BCUT2D eigenvalue weighted by molar-refractivity contribution is 0.0922. The van der Waals surface area contributed by atoms with Crippen molar-refractivity contribution in [1.29, 1.82) is 0 Å². The number of nitrogens with two attached hydrogens (primary N) is 1. The summed E-state index contributed by atoms with van der Waals surface area (Å²) in [6.45, 7) is 2.23. The van der Waals surface area contributed by atoms with Gasteiger partial charge in [0.25, 0.3) is 5.91 Å². The molecule has 5 heteroatoms. The van der Waals surface area contributed by atoms with E-state index in [2.05, 4.69) is 17.2 Å². The van der Waals surface area contributed by atoms with Gasteiger partial charge in [-0.25, -0.2) is 4.98 Å². The van der Waals surface area contributed by atoms with E-state index in [4.69, 9.17) is 17.3 Å². The number of carbonyl (C=O) groups is 1. The van der Waals surface area contributed by atoms with Gasteiger partial charge in [0.05, 0.1) is 17.4 Å². The van der Waals surface area contributed by atoms with E-state index in [1.54, 1.807) is 0 Å². The SMILES string of the molecule is CCCC1CCC(NC(=O)c2cc(Cl)ncc2N)CC1. The zero-order valence-corrected chi connectivity index (χ0v) is 12.6. The number of hydrogen-bond donors (Lipinski definition) is 2. The van der Waals surface area contributed by atoms with Crippen molar-refractivity contribution in [3.8, 4) is 0 Å². The first-order valence-electron chi connectivity index (χ1n) is 7.32. The minimum absolute atomic E-state index is 0.147. The number of nitrogens with one attached hydrogen (secondary N) is 1. The summed E-state index contributed by atoms with van der Waals surface area (Å²) < 4.78 is 0. The lowest BCUT2D eigenvalue weighted by Crippen LogP contribution is -2.38. The number of carbonyl (C=O) groups excluding carboxylic acids is 1. The molecule has 110 valence electrons. The number of rotatable bonds is 4. The molecule has 0 saturated heterocycles. The Labute approximate surface area is 125 Å². The molecule has 1 fully saturated rings. The first kappa shape index (κ1) is 15.1. The third-order valence-corrected chi connectivity index (χ3v) is 4.23. The van der Waals surface area contributed by atoms with Gasteiger partial charge in [-0.1, -0.05) is 31.4 Å². The predicted molar refractivity (Wildman–Crippen MR) is 81.8 cm³/mol. The summed E-state index contributed by atoms with van der Waals surface area (Å²) in [6, 6.07) is 1.77. The van der Waals surface area contributed by atoms with Crippen LogP contribution in [-0.2, 0) is 0 Å². The molecule has 2 rings (SSSR count). The smallest absolute Gasteiger partial charge is 0.253 e. The predicted octanol–water partition coefficient (Wildman–Crippen LogP) is 3.41. The van der Waals surface area contributed by atoms with Crippen LogP contribution in [0.3, 0.4) is 0 Å². The molecule has 0 aromatic carbocycles. The van der Waals surface area contributed by atoms with E-state index in [-0.39, 0.29) is 17.1 Å². The van der Waals surface area contributed by atoms with Gasteiger partial charge in [0.2, 0.25) is 0 Å². The number of hydrogen-bond acceptors (Lipinski definition) is 3. The normalized spacial score (nSPS) is 22.5. The first-order valence-corrected chi connectivity index (χ1v) is 7.69. The largest absolute Gasteiger partial charge is 0.397 e. The number of nitrogens with zero attached hydrogens (tertiary/aromatic N) is 1. The van der Waals surface area contributed by atoms with Crippen molar-refractivity contribution in [2.45, 2.75) is 51.5 Å². The van der Waals surface area contributed by atoms with Gasteiger partial charge >= 0.3 is 0 Å². The molecule has 0 spiro atoms. The highest BCUT2D eigenvalue weighted by Crippen LogP contribution is 2.28. The van der Waals surface area contributed by atoms with Gasteiger partial charge in [-0.15, -0.1) is 0 Å². The molecule has 0 unspecified atom stereocenters. The maximum atomic E-state index is 12.2. The highest BCUT2D eigenvalue weighted by atomic mass is 35.5. The first-order chi connectivity index (χ1) is 9.60. The van der Waals surface area contributed by atoms with Gasteiger partial charge in [-0.3, -0.25) is 4.79 Å². The number of aromatic nitrogens is 1. The van der Waals surface area contributed by atoms with E-state index in [1.165, 1.54) is 37.9 Å². The third kappa shape index (κ3) is 3.85. The molecule has 1 saturated carbocycles. The Hall–Kier alpha value is -1.29. The summed E-state index contributed by atoms with van der Waals surface area (Å²) in [5.41, 5.74) is 6.56. The van der Waals surface area contributed by atoms with Crippen LogP contribution in [0.15, 0.2) is 12.3 Å². The van der Waals surface area contributed by atoms with Gasteiger partial charge in [-0.05, 0) is 37.7 Å². The fourth-order valence-corrected chi connectivity index (χ4v) is 3.06. The summed E-state index contributed by atoms with van der Waals surface area (Å²) in [7, 11) is 0. The molecule has 1 amide bonds. The summed E-state index contributed by atoms with van der Waals surface area (Å²) >= 11 is 5.81. The fraction of sp³-hybridized carbons (Fsp3) is 0.600. The average Bonchev–Trinajstić information content (AvgIpc) is 2.44. The van der Waals surface area contributed by atoms with Crippen LogP contribution in [0.4, 0.5) is 5.69 Å². The van der Waals surface area contributed by atoms with Crippen LogP contribution >= 0.6 is 11.6 Å². The van der Waals surface area contributed by atoms with Gasteiger partial charge in [0.15, 0.2) is 0 Å². The van der Waals surface area contributed by atoms with Gasteiger partial charge in [0, 0.05) is 6.04 Å². The van der Waals surface area contributed by atoms with Crippen LogP contribution < -0.4 is 11.1 Å². The molecule has 1 aliphatic rings. The number of anilines is 1. The molecule has 20 heavy (non-hydrogen) atoms. The highest BCUT2D eigenvalue weighted by Gasteiger charge is 2.23. The maximum absolute atomic E-state index is 12.2. The Morgan fingerprint density at radius 2 is 2.15 bits per heavy atom. The van der Waals surface area contributed by atoms with E-state index < -0.39 is 0 Å². The fourth-order valence-electron chi connectivity index (χ4n) is 2.90. The molecular weight excluding hydrogens is 274 g/mol. The maximum Gasteiger partial charge on any atom is 0.253 e. The van der Waals surface area contributed by atoms with E-state index in [0.29, 0.717) is 11.3 Å². The van der Waals surface area contributed by atoms with Gasteiger partial charge < -0.3 is 11.1 Å². The van der Waals surface area contributed by atoms with E-state index >= 15 is 0 Å². The second kappa shape index (κ2) is 6.93. The van der Waals surface area contributed by atoms with E-state index in [1.807, 2.05) is 0 Å². The Balaban J connectivity index is 1.91. The Morgan fingerprint density at radius 3 is 2.80 bits per heavy atom. The standard InChI is InChI=1S/C15H22ClN3O/c1-2-3-10-4-6-11(7-5-10)19-15(20)12-8-14(16)18-9-13(12)17/h8-11H,2-7,17H2,1H3,(H,19,20). The van der Waals surface area contributed by atoms with Gasteiger partial charge in [-0.2, -0.15) is 0 Å². The molecule has 3 N–H and O–H groups in total. The second-order valence-corrected chi connectivity index (χ2v) is 5.96. The molecular formula is C15H22ClN3O. The molecule has 1 aromatic heterocycles. The number of pyridine rings is 1. The van der Waals surface area contributed by atoms with Crippen LogP contribution in [-0.4, -0.2) is 16.9 Å². The summed E-state index contributed by atoms with van der Waals surface area (Å²) in [5.74, 6) is 0.680. The number of amides is 1. The van der Waals surface area contributed by atoms with Crippen molar-refractivity contribution in [3.05, 3.63) is 23.0 Å². The van der Waals surface area contributed by atoms with Crippen molar-refractivity contribution in [3.63, 3.8) is 0 Å². The van der Waals surface area contributed by atoms with E-state index in [9.17, 15) is 4.79 Å². The monoisotopic (exact) mass is 295 g/mol. The molecule has 1 aromatic rings. The van der Waals surface area contributed by atoms with Crippen LogP contribution in [0, 0.1) is 5.92 Å². The lowest BCUT2D eigenvalue weighted by Gasteiger charge is -2.29. The van der Waals surface area contributed by atoms with Crippen LogP contribution in [0.25, 0.3) is 0 Å². The van der Waals surface area contributed by atoms with Crippen LogP contribution in [0.2, 0.25) is 5.15 Å². The molecule has 4 nitrogen and oxygen atoms in total. The zero-order valence-electron chi connectivity index (χ0n) is 11.9. The highest BCUT2D eigenvalue weighted by molar-refractivity contribution is 6.29. The minimum Gasteiger partial charge on any atom is -0.397 e. The lowest BCUT2D eigenvalue weighted by atomic mass is 9.83. The molecule has 0 atom stereocenters. The van der Waals surface area contributed by atoms with Crippen LogP contribution in [0.1, 0.15) is 55.8 Å². The minimum atomic E-state index is -0.147. The zero-order chi connectivity index (χ0) is 14.5. The van der Waals surface area contributed by atoms with Crippen molar-refractivity contribution in [1.82, 2.24) is 10.3 Å². The quantitative estimate of drug-likeness (QED) is 0.837. The summed E-state index contributed by atoms with van der Waals surface area (Å²) in [6.07, 6.45) is 8.47. The average molecular weight is 296 g/mol. The molecule has 0 radical (unpaired) electrons. The number of halogens is 1. The summed E-state index contributed by atoms with van der Waals surface area (Å²) in [4.78, 5) is 16.1. The molecule has 1 aliphatic carbocycles. The van der Waals surface area contributed by atoms with Crippen LogP contribution in [0.5, 0.6) is 0 Å². The second-order valence-electron chi connectivity index (χ2n) is 5.57. The van der Waals surface area contributed by atoms with Crippen molar-refractivity contribution >= 4 is 23.2 Å². The molecule has 1 heterocycles. The summed E-state index contributed by atoms with van der Waals surface area (Å²) in [5, 5.41) is 3.35. The van der Waals surface area contributed by atoms with Crippen molar-refractivity contribution in [2.75, 3.05) is 5.73 Å². The number of nitrogen functional groups attached to an aromatic ring is 1.